The Kier molecular flexibility index (Phi) is 8.16. The Balaban J connectivity index is 1.53. The summed E-state index contributed by atoms with van der Waals surface area (Å²) in [6.07, 6.45) is 15.2. The third-order valence-electron chi connectivity index (χ3n) is 6.17. The molecule has 1 aromatic carbocycles. The Morgan fingerprint density at radius 3 is 2.25 bits per heavy atom. The number of benzene rings is 1. The Morgan fingerprint density at radius 2 is 1.61 bits per heavy atom. The summed E-state index contributed by atoms with van der Waals surface area (Å²) in [5, 5.41) is 0. The van der Waals surface area contributed by atoms with E-state index < -0.39 is 0 Å². The number of pyridine rings is 1. The van der Waals surface area contributed by atoms with E-state index in [4.69, 9.17) is 0 Å². The summed E-state index contributed by atoms with van der Waals surface area (Å²) in [6.45, 7) is 4.52. The number of aryl methyl sites for hydroxylation is 1. The molecule has 3 rings (SSSR count). The highest BCUT2D eigenvalue weighted by Crippen LogP contribution is 2.37. The number of rotatable bonds is 7. The van der Waals surface area contributed by atoms with Gasteiger partial charge in [-0.25, -0.2) is 4.98 Å². The van der Waals surface area contributed by atoms with Crippen molar-refractivity contribution in [3.05, 3.63) is 65.0 Å². The van der Waals surface area contributed by atoms with E-state index in [1.54, 1.807) is 0 Å². The van der Waals surface area contributed by atoms with Gasteiger partial charge in [0.15, 0.2) is 0 Å². The van der Waals surface area contributed by atoms with E-state index in [0.29, 0.717) is 0 Å². The molecule has 1 fully saturated rings. The van der Waals surface area contributed by atoms with Crippen LogP contribution < -0.4 is 0 Å². The molecule has 1 saturated carbocycles. The molecule has 0 atom stereocenters. The first-order valence-corrected chi connectivity index (χ1v) is 11.4. The highest BCUT2D eigenvalue weighted by atomic mass is 14.7. The molecule has 1 aliphatic carbocycles. The van der Waals surface area contributed by atoms with Gasteiger partial charge in [0.25, 0.3) is 0 Å². The Hall–Kier alpha value is -2.07. The van der Waals surface area contributed by atoms with Crippen molar-refractivity contribution in [1.82, 2.24) is 4.98 Å². The van der Waals surface area contributed by atoms with Crippen LogP contribution >= 0.6 is 0 Å². The van der Waals surface area contributed by atoms with Crippen LogP contribution in [0, 0.1) is 17.8 Å². The molecule has 0 N–H and O–H groups in total. The molecule has 0 aliphatic heterocycles. The first-order chi connectivity index (χ1) is 13.8. The van der Waals surface area contributed by atoms with Crippen molar-refractivity contribution in [1.29, 1.82) is 0 Å². The predicted molar refractivity (Wildman–Crippen MR) is 119 cm³/mol. The molecule has 1 nitrogen and oxygen atoms in total. The molecular formula is C27H35N. The van der Waals surface area contributed by atoms with Crippen LogP contribution in [0.4, 0.5) is 0 Å². The molecule has 0 amide bonds. The summed E-state index contributed by atoms with van der Waals surface area (Å²) in [4.78, 5) is 4.49. The molecular weight excluding hydrogens is 338 g/mol. The monoisotopic (exact) mass is 373 g/mol. The van der Waals surface area contributed by atoms with Gasteiger partial charge in [-0.05, 0) is 85.6 Å². The lowest BCUT2D eigenvalue weighted by atomic mass is 9.77. The van der Waals surface area contributed by atoms with Gasteiger partial charge in [-0.3, -0.25) is 0 Å². The van der Waals surface area contributed by atoms with E-state index in [1.807, 2.05) is 12.3 Å². The minimum absolute atomic E-state index is 0.747. The van der Waals surface area contributed by atoms with Crippen LogP contribution in [-0.4, -0.2) is 4.98 Å². The number of hydrogen-bond acceptors (Lipinski definition) is 1. The number of aromatic nitrogens is 1. The summed E-state index contributed by atoms with van der Waals surface area (Å²) < 4.78 is 0. The maximum Gasteiger partial charge on any atom is 0.113 e. The average Bonchev–Trinajstić information content (AvgIpc) is 2.76. The Morgan fingerprint density at radius 1 is 0.857 bits per heavy atom. The molecule has 1 heterocycles. The van der Waals surface area contributed by atoms with Crippen LogP contribution in [0.3, 0.4) is 0 Å². The van der Waals surface area contributed by atoms with Crippen LogP contribution in [0.2, 0.25) is 0 Å². The maximum absolute atomic E-state index is 4.49. The van der Waals surface area contributed by atoms with Crippen molar-refractivity contribution in [2.75, 3.05) is 0 Å². The largest absolute Gasteiger partial charge is 0.248 e. The Labute approximate surface area is 172 Å². The fraction of sp³-hybridized carbons (Fsp3) is 0.519. The van der Waals surface area contributed by atoms with Gasteiger partial charge in [-0.2, -0.15) is 0 Å². The highest BCUT2D eigenvalue weighted by molar-refractivity contribution is 5.41. The Bertz CT molecular complexity index is 753. The molecule has 0 radical (unpaired) electrons. The zero-order valence-electron chi connectivity index (χ0n) is 17.7. The normalized spacial score (nSPS) is 19.1. The van der Waals surface area contributed by atoms with Gasteiger partial charge >= 0.3 is 0 Å². The fourth-order valence-electron chi connectivity index (χ4n) is 4.28. The summed E-state index contributed by atoms with van der Waals surface area (Å²) in [7, 11) is 0. The third-order valence-corrected chi connectivity index (χ3v) is 6.17. The SMILES string of the molecule is CCCCc1ccc(C#Cc2ccc(C3CCC(CCCC)CC3)cc2)nc1. The van der Waals surface area contributed by atoms with Gasteiger partial charge in [0.1, 0.15) is 5.69 Å². The minimum Gasteiger partial charge on any atom is -0.248 e. The summed E-state index contributed by atoms with van der Waals surface area (Å²) >= 11 is 0. The van der Waals surface area contributed by atoms with E-state index in [1.165, 1.54) is 68.9 Å². The van der Waals surface area contributed by atoms with E-state index in [0.717, 1.165) is 29.5 Å². The van der Waals surface area contributed by atoms with Crippen molar-refractivity contribution >= 4 is 0 Å². The molecule has 0 unspecified atom stereocenters. The van der Waals surface area contributed by atoms with Crippen molar-refractivity contribution in [3.8, 4) is 11.8 Å². The van der Waals surface area contributed by atoms with Gasteiger partial charge in [-0.1, -0.05) is 63.7 Å². The van der Waals surface area contributed by atoms with Crippen molar-refractivity contribution < 1.29 is 0 Å². The first kappa shape index (κ1) is 20.7. The van der Waals surface area contributed by atoms with Crippen LogP contribution in [0.1, 0.15) is 99.9 Å². The van der Waals surface area contributed by atoms with Crippen LogP contribution in [0.15, 0.2) is 42.6 Å². The van der Waals surface area contributed by atoms with Gasteiger partial charge in [0.2, 0.25) is 0 Å². The molecule has 148 valence electrons. The average molecular weight is 374 g/mol. The highest BCUT2D eigenvalue weighted by Gasteiger charge is 2.21. The zero-order chi connectivity index (χ0) is 19.6. The minimum atomic E-state index is 0.747. The van der Waals surface area contributed by atoms with Crippen LogP contribution in [0.5, 0.6) is 0 Å². The van der Waals surface area contributed by atoms with E-state index in [-0.39, 0.29) is 0 Å². The molecule has 0 spiro atoms. The van der Waals surface area contributed by atoms with Crippen LogP contribution in [0.25, 0.3) is 0 Å². The molecule has 1 heteroatoms. The molecule has 1 aliphatic rings. The molecule has 0 saturated heterocycles. The van der Waals surface area contributed by atoms with Gasteiger partial charge in [-0.15, -0.1) is 0 Å². The standard InChI is InChI=1S/C27H35N/c1-3-5-7-22-9-15-25(16-10-22)26-17-11-23(12-18-26)13-19-27-20-14-24(21-28-27)8-6-4-2/h11-12,14,17-18,20-22,25H,3-10,15-16H2,1-2H3. The lowest BCUT2D eigenvalue weighted by Gasteiger charge is -2.28. The molecule has 1 aromatic heterocycles. The lowest BCUT2D eigenvalue weighted by Crippen LogP contribution is -2.13. The van der Waals surface area contributed by atoms with Gasteiger partial charge in [0, 0.05) is 11.8 Å². The number of nitrogens with zero attached hydrogens (tertiary/aromatic N) is 1. The van der Waals surface area contributed by atoms with Crippen LogP contribution in [-0.2, 0) is 6.42 Å². The lowest BCUT2D eigenvalue weighted by molar-refractivity contribution is 0.304. The smallest absolute Gasteiger partial charge is 0.113 e. The topological polar surface area (TPSA) is 12.9 Å². The molecule has 0 bridgehead atoms. The summed E-state index contributed by atoms with van der Waals surface area (Å²) in [5.41, 5.74) is 4.74. The second-order valence-corrected chi connectivity index (χ2v) is 8.39. The van der Waals surface area contributed by atoms with Gasteiger partial charge in [0.05, 0.1) is 0 Å². The second kappa shape index (κ2) is 11.1. The van der Waals surface area contributed by atoms with Crippen molar-refractivity contribution in [3.63, 3.8) is 0 Å². The maximum atomic E-state index is 4.49. The number of hydrogen-bond donors (Lipinski definition) is 0. The molecule has 28 heavy (non-hydrogen) atoms. The quantitative estimate of drug-likeness (QED) is 0.464. The predicted octanol–water partition coefficient (Wildman–Crippen LogP) is 7.29. The van der Waals surface area contributed by atoms with Crippen molar-refractivity contribution in [2.24, 2.45) is 5.92 Å². The first-order valence-electron chi connectivity index (χ1n) is 11.4. The van der Waals surface area contributed by atoms with Crippen molar-refractivity contribution in [2.45, 2.75) is 84.0 Å². The zero-order valence-corrected chi connectivity index (χ0v) is 17.7. The fourth-order valence-corrected chi connectivity index (χ4v) is 4.28. The number of unbranched alkanes of at least 4 members (excludes halogenated alkanes) is 2. The summed E-state index contributed by atoms with van der Waals surface area (Å²) in [6, 6.07) is 13.2. The van der Waals surface area contributed by atoms with E-state index >= 15 is 0 Å². The second-order valence-electron chi connectivity index (χ2n) is 8.39. The van der Waals surface area contributed by atoms with E-state index in [2.05, 4.69) is 61.0 Å². The third kappa shape index (κ3) is 6.23. The summed E-state index contributed by atoms with van der Waals surface area (Å²) in [5.74, 6) is 8.20. The van der Waals surface area contributed by atoms with Gasteiger partial charge < -0.3 is 0 Å². The van der Waals surface area contributed by atoms with E-state index in [9.17, 15) is 0 Å². The molecule has 2 aromatic rings.